The van der Waals surface area contributed by atoms with Crippen molar-refractivity contribution in [2.24, 2.45) is 7.05 Å². The predicted octanol–water partition coefficient (Wildman–Crippen LogP) is 2.14. The molecular weight excluding hydrogens is 248 g/mol. The molecule has 0 aliphatic heterocycles. The maximum atomic E-state index is 4.52. The quantitative estimate of drug-likeness (QED) is 0.840. The molecule has 0 amide bonds. The molecule has 0 saturated heterocycles. The minimum absolute atomic E-state index is 0.398. The molecule has 4 heteroatoms. The van der Waals surface area contributed by atoms with Crippen molar-refractivity contribution in [3.8, 4) is 0 Å². The first-order valence-corrected chi connectivity index (χ1v) is 7.38. The number of aromatic nitrogens is 3. The smallest absolute Gasteiger partial charge is 0.0624 e. The number of aryl methyl sites for hydroxylation is 2. The number of likely N-dealkylation sites (N-methyl/N-ethyl adjacent to an activating group) is 1. The lowest BCUT2D eigenvalue weighted by Crippen LogP contribution is -2.33. The Bertz CT molecular complexity index is 519. The van der Waals surface area contributed by atoms with Crippen molar-refractivity contribution in [1.29, 1.82) is 0 Å². The molecule has 0 bridgehead atoms. The molecule has 0 aliphatic rings. The van der Waals surface area contributed by atoms with Gasteiger partial charge in [0, 0.05) is 43.5 Å². The van der Waals surface area contributed by atoms with Gasteiger partial charge in [-0.05, 0) is 31.2 Å². The SMILES string of the molecule is CCNC(Cc1ccccn1)Cc1cc(CC)nn1C. The summed E-state index contributed by atoms with van der Waals surface area (Å²) in [5, 5.41) is 8.08. The fourth-order valence-corrected chi connectivity index (χ4v) is 2.46. The van der Waals surface area contributed by atoms with Crippen LogP contribution in [0.1, 0.15) is 30.9 Å². The van der Waals surface area contributed by atoms with E-state index in [2.05, 4.69) is 41.4 Å². The van der Waals surface area contributed by atoms with Gasteiger partial charge in [0.15, 0.2) is 0 Å². The third kappa shape index (κ3) is 3.90. The highest BCUT2D eigenvalue weighted by Gasteiger charge is 2.13. The van der Waals surface area contributed by atoms with Crippen molar-refractivity contribution in [3.05, 3.63) is 47.5 Å². The Kier molecular flexibility index (Phi) is 5.30. The van der Waals surface area contributed by atoms with E-state index in [9.17, 15) is 0 Å². The number of rotatable bonds is 7. The lowest BCUT2D eigenvalue weighted by Gasteiger charge is -2.17. The highest BCUT2D eigenvalue weighted by molar-refractivity contribution is 5.13. The van der Waals surface area contributed by atoms with E-state index in [0.717, 1.165) is 37.2 Å². The number of nitrogens with one attached hydrogen (secondary N) is 1. The summed E-state index contributed by atoms with van der Waals surface area (Å²) < 4.78 is 2.00. The second kappa shape index (κ2) is 7.20. The predicted molar refractivity (Wildman–Crippen MR) is 81.7 cm³/mol. The van der Waals surface area contributed by atoms with Crippen LogP contribution in [0, 0.1) is 0 Å². The van der Waals surface area contributed by atoms with Gasteiger partial charge in [0.25, 0.3) is 0 Å². The largest absolute Gasteiger partial charge is 0.313 e. The number of hydrogen-bond acceptors (Lipinski definition) is 3. The highest BCUT2D eigenvalue weighted by atomic mass is 15.3. The van der Waals surface area contributed by atoms with Crippen molar-refractivity contribution >= 4 is 0 Å². The van der Waals surface area contributed by atoms with Crippen molar-refractivity contribution < 1.29 is 0 Å². The molecule has 0 aliphatic carbocycles. The molecule has 20 heavy (non-hydrogen) atoms. The van der Waals surface area contributed by atoms with Gasteiger partial charge in [-0.2, -0.15) is 5.10 Å². The van der Waals surface area contributed by atoms with Crippen molar-refractivity contribution in [2.45, 2.75) is 39.2 Å². The van der Waals surface area contributed by atoms with Crippen LogP contribution in [0.2, 0.25) is 0 Å². The summed E-state index contributed by atoms with van der Waals surface area (Å²) in [6, 6.07) is 8.70. The molecule has 0 aromatic carbocycles. The first kappa shape index (κ1) is 14.7. The van der Waals surface area contributed by atoms with E-state index in [4.69, 9.17) is 0 Å². The van der Waals surface area contributed by atoms with Crippen LogP contribution < -0.4 is 5.32 Å². The van der Waals surface area contributed by atoms with Gasteiger partial charge in [-0.15, -0.1) is 0 Å². The molecule has 0 radical (unpaired) electrons. The van der Waals surface area contributed by atoms with Gasteiger partial charge >= 0.3 is 0 Å². The molecule has 0 spiro atoms. The van der Waals surface area contributed by atoms with E-state index in [0.29, 0.717) is 6.04 Å². The van der Waals surface area contributed by atoms with E-state index in [1.165, 1.54) is 5.69 Å². The van der Waals surface area contributed by atoms with Gasteiger partial charge in [-0.25, -0.2) is 0 Å². The molecular formula is C16H24N4. The molecule has 1 atom stereocenters. The fraction of sp³-hybridized carbons (Fsp3) is 0.500. The molecule has 0 saturated carbocycles. The van der Waals surface area contributed by atoms with E-state index in [1.807, 2.05) is 30.1 Å². The van der Waals surface area contributed by atoms with Gasteiger partial charge in [-0.3, -0.25) is 9.67 Å². The van der Waals surface area contributed by atoms with Crippen LogP contribution in [-0.2, 0) is 26.3 Å². The Morgan fingerprint density at radius 3 is 2.65 bits per heavy atom. The third-order valence-corrected chi connectivity index (χ3v) is 3.52. The average Bonchev–Trinajstić information content (AvgIpc) is 2.81. The zero-order valence-corrected chi connectivity index (χ0v) is 12.6. The maximum absolute atomic E-state index is 4.52. The Morgan fingerprint density at radius 2 is 2.05 bits per heavy atom. The van der Waals surface area contributed by atoms with Crippen LogP contribution in [0.3, 0.4) is 0 Å². The summed E-state index contributed by atoms with van der Waals surface area (Å²) in [7, 11) is 2.03. The maximum Gasteiger partial charge on any atom is 0.0624 e. The summed E-state index contributed by atoms with van der Waals surface area (Å²) in [4.78, 5) is 4.42. The summed E-state index contributed by atoms with van der Waals surface area (Å²) in [5.74, 6) is 0. The molecule has 0 fully saturated rings. The van der Waals surface area contributed by atoms with E-state index < -0.39 is 0 Å². The average molecular weight is 272 g/mol. The van der Waals surface area contributed by atoms with Gasteiger partial charge < -0.3 is 5.32 Å². The Labute approximate surface area is 121 Å². The van der Waals surface area contributed by atoms with Crippen LogP contribution in [0.5, 0.6) is 0 Å². The first-order valence-electron chi connectivity index (χ1n) is 7.38. The normalized spacial score (nSPS) is 12.6. The molecule has 4 nitrogen and oxygen atoms in total. The minimum atomic E-state index is 0.398. The van der Waals surface area contributed by atoms with Crippen LogP contribution >= 0.6 is 0 Å². The Hall–Kier alpha value is -1.68. The second-order valence-electron chi connectivity index (χ2n) is 5.09. The summed E-state index contributed by atoms with van der Waals surface area (Å²) in [6.07, 6.45) is 4.77. The van der Waals surface area contributed by atoms with Gasteiger partial charge in [0.1, 0.15) is 0 Å². The lowest BCUT2D eigenvalue weighted by molar-refractivity contribution is 0.500. The van der Waals surface area contributed by atoms with E-state index >= 15 is 0 Å². The van der Waals surface area contributed by atoms with Crippen molar-refractivity contribution in [3.63, 3.8) is 0 Å². The fourth-order valence-electron chi connectivity index (χ4n) is 2.46. The minimum Gasteiger partial charge on any atom is -0.313 e. The zero-order valence-electron chi connectivity index (χ0n) is 12.6. The molecule has 2 rings (SSSR count). The number of nitrogens with zero attached hydrogens (tertiary/aromatic N) is 3. The van der Waals surface area contributed by atoms with E-state index in [-0.39, 0.29) is 0 Å². The summed E-state index contributed by atoms with van der Waals surface area (Å²) in [5.41, 5.74) is 3.58. The lowest BCUT2D eigenvalue weighted by atomic mass is 10.0. The second-order valence-corrected chi connectivity index (χ2v) is 5.09. The van der Waals surface area contributed by atoms with Crippen LogP contribution in [-0.4, -0.2) is 27.4 Å². The van der Waals surface area contributed by atoms with E-state index in [1.54, 1.807) is 0 Å². The highest BCUT2D eigenvalue weighted by Crippen LogP contribution is 2.10. The molecule has 2 heterocycles. The Balaban J connectivity index is 2.06. The molecule has 2 aromatic heterocycles. The monoisotopic (exact) mass is 272 g/mol. The zero-order chi connectivity index (χ0) is 14.4. The van der Waals surface area contributed by atoms with Crippen molar-refractivity contribution in [1.82, 2.24) is 20.1 Å². The topological polar surface area (TPSA) is 42.7 Å². The molecule has 1 N–H and O–H groups in total. The first-order chi connectivity index (χ1) is 9.72. The third-order valence-electron chi connectivity index (χ3n) is 3.52. The van der Waals surface area contributed by atoms with Crippen molar-refractivity contribution in [2.75, 3.05) is 6.54 Å². The van der Waals surface area contributed by atoms with Gasteiger partial charge in [0.05, 0.1) is 5.69 Å². The molecule has 2 aromatic rings. The number of hydrogen-bond donors (Lipinski definition) is 1. The molecule has 1 unspecified atom stereocenters. The van der Waals surface area contributed by atoms with Gasteiger partial charge in [-0.1, -0.05) is 19.9 Å². The Morgan fingerprint density at radius 1 is 1.20 bits per heavy atom. The van der Waals surface area contributed by atoms with Crippen LogP contribution in [0.4, 0.5) is 0 Å². The van der Waals surface area contributed by atoms with Gasteiger partial charge in [0.2, 0.25) is 0 Å². The standard InChI is InChI=1S/C16H24N4/c1-4-13-11-16(20(3)19-13)12-15(17-5-2)10-14-8-6-7-9-18-14/h6-9,11,15,17H,4-5,10,12H2,1-3H3. The number of pyridine rings is 1. The summed E-state index contributed by atoms with van der Waals surface area (Å²) >= 11 is 0. The van der Waals surface area contributed by atoms with Crippen LogP contribution in [0.25, 0.3) is 0 Å². The van der Waals surface area contributed by atoms with Crippen LogP contribution in [0.15, 0.2) is 30.5 Å². The summed E-state index contributed by atoms with van der Waals surface area (Å²) in [6.45, 7) is 5.25. The molecule has 108 valence electrons.